The number of aliphatic hydroxyl groups excluding tert-OH is 2. The molecule has 1 amide bonds. The monoisotopic (exact) mass is 654 g/mol. The summed E-state index contributed by atoms with van der Waals surface area (Å²) in [4.78, 5) is 28.4. The van der Waals surface area contributed by atoms with Gasteiger partial charge in [-0.3, -0.25) is 4.79 Å². The fourth-order valence-corrected chi connectivity index (χ4v) is 6.40. The third kappa shape index (κ3) is 6.18. The Morgan fingerprint density at radius 3 is 2.27 bits per heavy atom. The number of nitrogens with zero attached hydrogens (tertiary/aromatic N) is 5. The fraction of sp³-hybridized carbons (Fsp3) is 0.419. The maximum atomic E-state index is 12.2. The number of imidazole rings is 1. The molecule has 2 aromatic carbocycles. The topological polar surface area (TPSA) is 175 Å². The van der Waals surface area contributed by atoms with E-state index in [9.17, 15) is 20.1 Å². The summed E-state index contributed by atoms with van der Waals surface area (Å²) in [5.74, 6) is 0.585. The van der Waals surface area contributed by atoms with Gasteiger partial charge in [-0.2, -0.15) is 9.97 Å². The number of aliphatic hydroxyl groups is 3. The number of halogens is 2. The Bertz CT molecular complexity index is 1620. The number of rotatable bonds is 9. The summed E-state index contributed by atoms with van der Waals surface area (Å²) in [5, 5.41) is 41.2. The molecule has 7 N–H and O–H groups in total. The molecule has 0 spiro atoms. The van der Waals surface area contributed by atoms with Crippen LogP contribution in [0, 0.1) is 0 Å². The van der Waals surface area contributed by atoms with Gasteiger partial charge in [0.2, 0.25) is 11.9 Å². The van der Waals surface area contributed by atoms with Gasteiger partial charge in [-0.25, -0.2) is 4.98 Å². The lowest BCUT2D eigenvalue weighted by Gasteiger charge is -2.30. The molecule has 1 saturated carbocycles. The van der Waals surface area contributed by atoms with Crippen LogP contribution in [0.4, 0.5) is 11.8 Å². The Kier molecular flexibility index (Phi) is 8.88. The molecule has 1 saturated heterocycles. The van der Waals surface area contributed by atoms with Gasteiger partial charge in [0.1, 0.15) is 17.8 Å². The Labute approximate surface area is 270 Å². The van der Waals surface area contributed by atoms with Crippen LogP contribution < -0.4 is 21.3 Å². The van der Waals surface area contributed by atoms with E-state index in [1.807, 2.05) is 4.90 Å². The zero-order chi connectivity index (χ0) is 31.9. The molecule has 238 valence electrons. The molecule has 0 radical (unpaired) electrons. The molecule has 2 fully saturated rings. The highest BCUT2D eigenvalue weighted by Gasteiger charge is 2.44. The lowest BCUT2D eigenvalue weighted by Crippen LogP contribution is -2.42. The standard InChI is InChI=1S/C31H36Cl2N8O4/c1-2-24(42)37-22-13-23(27(44)26(22)43)41-16-36-25-28(38-30(39-29(25)41)40-12-11-21(34)14-40)35-15-31(45,17-3-7-19(32)8-4-17)18-5-9-20(33)10-6-18/h3-10,16,21-23,26-27,43-45H,2,11-15,34H2,1H3,(H,37,42)(H,35,38,39)/t21?,22-,23+,26+,27-/m0/s1. The summed E-state index contributed by atoms with van der Waals surface area (Å²) < 4.78 is 1.72. The van der Waals surface area contributed by atoms with Crippen LogP contribution in [0.25, 0.3) is 11.2 Å². The molecule has 2 aromatic heterocycles. The van der Waals surface area contributed by atoms with Gasteiger partial charge in [0.05, 0.1) is 25.0 Å². The number of nitrogens with two attached hydrogens (primary N) is 1. The lowest BCUT2D eigenvalue weighted by molar-refractivity contribution is -0.122. The maximum Gasteiger partial charge on any atom is 0.229 e. The third-order valence-corrected chi connectivity index (χ3v) is 9.25. The first-order valence-electron chi connectivity index (χ1n) is 15.0. The van der Waals surface area contributed by atoms with Crippen molar-refractivity contribution in [1.29, 1.82) is 0 Å². The Morgan fingerprint density at radius 1 is 1.04 bits per heavy atom. The number of aromatic nitrogens is 4. The van der Waals surface area contributed by atoms with Gasteiger partial charge in [0.15, 0.2) is 17.0 Å². The van der Waals surface area contributed by atoms with E-state index >= 15 is 0 Å². The van der Waals surface area contributed by atoms with Crippen LogP contribution >= 0.6 is 23.2 Å². The Hall–Kier alpha value is -3.52. The van der Waals surface area contributed by atoms with Crippen LogP contribution in [0.1, 0.15) is 43.4 Å². The van der Waals surface area contributed by atoms with Crippen molar-refractivity contribution in [3.63, 3.8) is 0 Å². The number of amides is 1. The summed E-state index contributed by atoms with van der Waals surface area (Å²) in [7, 11) is 0. The second-order valence-corrected chi connectivity index (χ2v) is 12.6. The van der Waals surface area contributed by atoms with Crippen LogP contribution in [0.2, 0.25) is 10.0 Å². The molecule has 14 heteroatoms. The zero-order valence-electron chi connectivity index (χ0n) is 24.6. The van der Waals surface area contributed by atoms with Crippen molar-refractivity contribution in [3.05, 3.63) is 76.0 Å². The van der Waals surface area contributed by atoms with E-state index < -0.39 is 29.9 Å². The van der Waals surface area contributed by atoms with E-state index in [0.717, 1.165) is 6.42 Å². The normalized spacial score (nSPS) is 23.5. The van der Waals surface area contributed by atoms with Crippen molar-refractivity contribution in [3.8, 4) is 0 Å². The number of hydrogen-bond donors (Lipinski definition) is 6. The van der Waals surface area contributed by atoms with Gasteiger partial charge in [0, 0.05) is 35.6 Å². The first kappa shape index (κ1) is 31.5. The molecule has 5 atom stereocenters. The molecular formula is C31H36Cl2N8O4. The number of nitrogens with one attached hydrogen (secondary N) is 2. The molecular weight excluding hydrogens is 619 g/mol. The molecule has 4 aromatic rings. The second-order valence-electron chi connectivity index (χ2n) is 11.7. The van der Waals surface area contributed by atoms with Gasteiger partial charge in [-0.05, 0) is 48.2 Å². The fourth-order valence-electron chi connectivity index (χ4n) is 6.15. The minimum absolute atomic E-state index is 0.00405. The smallest absolute Gasteiger partial charge is 0.229 e. The van der Waals surface area contributed by atoms with E-state index in [-0.39, 0.29) is 31.3 Å². The van der Waals surface area contributed by atoms with E-state index in [0.29, 0.717) is 57.2 Å². The summed E-state index contributed by atoms with van der Waals surface area (Å²) >= 11 is 12.3. The molecule has 45 heavy (non-hydrogen) atoms. The first-order chi connectivity index (χ1) is 21.6. The molecule has 2 aliphatic rings. The second kappa shape index (κ2) is 12.7. The molecule has 1 aliphatic heterocycles. The molecule has 6 rings (SSSR count). The third-order valence-electron chi connectivity index (χ3n) is 8.75. The van der Waals surface area contributed by atoms with Crippen molar-refractivity contribution in [2.45, 2.75) is 62.1 Å². The zero-order valence-corrected chi connectivity index (χ0v) is 26.2. The number of hydrogen-bond acceptors (Lipinski definition) is 10. The number of anilines is 2. The first-order valence-corrected chi connectivity index (χ1v) is 15.7. The Balaban J connectivity index is 1.39. The van der Waals surface area contributed by atoms with Crippen LogP contribution in [-0.2, 0) is 10.4 Å². The van der Waals surface area contributed by atoms with Crippen LogP contribution in [0.3, 0.4) is 0 Å². The van der Waals surface area contributed by atoms with Gasteiger partial charge >= 0.3 is 0 Å². The number of carbonyl (C=O) groups is 1. The van der Waals surface area contributed by atoms with Crippen LogP contribution in [0.15, 0.2) is 54.9 Å². The van der Waals surface area contributed by atoms with Gasteiger partial charge < -0.3 is 41.2 Å². The number of benzene rings is 2. The van der Waals surface area contributed by atoms with Crippen LogP contribution in [-0.4, -0.2) is 84.7 Å². The predicted molar refractivity (Wildman–Crippen MR) is 172 cm³/mol. The van der Waals surface area contributed by atoms with E-state index in [1.54, 1.807) is 66.3 Å². The van der Waals surface area contributed by atoms with Gasteiger partial charge in [0.25, 0.3) is 0 Å². The minimum atomic E-state index is -1.51. The average Bonchev–Trinajstić information content (AvgIpc) is 3.74. The quantitative estimate of drug-likeness (QED) is 0.157. The maximum absolute atomic E-state index is 12.2. The van der Waals surface area contributed by atoms with Crippen molar-refractivity contribution in [2.24, 2.45) is 5.73 Å². The highest BCUT2D eigenvalue weighted by atomic mass is 35.5. The van der Waals surface area contributed by atoms with E-state index in [1.165, 1.54) is 0 Å². The summed E-state index contributed by atoms with van der Waals surface area (Å²) in [5.41, 5.74) is 6.75. The number of carbonyl (C=O) groups excluding carboxylic acids is 1. The summed E-state index contributed by atoms with van der Waals surface area (Å²) in [6, 6.07) is 12.7. The van der Waals surface area contributed by atoms with Gasteiger partial charge in [-0.15, -0.1) is 0 Å². The van der Waals surface area contributed by atoms with Crippen molar-refractivity contribution in [1.82, 2.24) is 24.8 Å². The molecule has 1 aliphatic carbocycles. The largest absolute Gasteiger partial charge is 0.388 e. The predicted octanol–water partition coefficient (Wildman–Crippen LogP) is 2.58. The highest BCUT2D eigenvalue weighted by Crippen LogP contribution is 2.36. The SMILES string of the molecule is CCC(=O)N[C@H]1C[C@@H](n2cnc3c(NCC(O)(c4ccc(Cl)cc4)c4ccc(Cl)cc4)nc(N4CCC(N)C4)nc32)[C@H](O)[C@@H]1O. The van der Waals surface area contributed by atoms with Gasteiger partial charge in [-0.1, -0.05) is 54.4 Å². The van der Waals surface area contributed by atoms with Crippen molar-refractivity contribution in [2.75, 3.05) is 29.9 Å². The van der Waals surface area contributed by atoms with Crippen molar-refractivity contribution < 1.29 is 20.1 Å². The molecule has 0 bridgehead atoms. The number of fused-ring (bicyclic) bond motifs is 1. The van der Waals surface area contributed by atoms with Crippen molar-refractivity contribution >= 4 is 52.0 Å². The highest BCUT2D eigenvalue weighted by molar-refractivity contribution is 6.30. The van der Waals surface area contributed by atoms with E-state index in [4.69, 9.17) is 38.9 Å². The van der Waals surface area contributed by atoms with Crippen LogP contribution in [0.5, 0.6) is 0 Å². The molecule has 12 nitrogen and oxygen atoms in total. The lowest BCUT2D eigenvalue weighted by atomic mass is 9.86. The minimum Gasteiger partial charge on any atom is -0.388 e. The summed E-state index contributed by atoms with van der Waals surface area (Å²) in [6.45, 7) is 2.96. The Morgan fingerprint density at radius 2 is 1.69 bits per heavy atom. The summed E-state index contributed by atoms with van der Waals surface area (Å²) in [6.07, 6.45) is 0.553. The average molecular weight is 656 g/mol. The molecule has 1 unspecified atom stereocenters. The van der Waals surface area contributed by atoms with E-state index in [2.05, 4.69) is 15.6 Å². The molecule has 3 heterocycles.